The van der Waals surface area contributed by atoms with Gasteiger partial charge in [0.15, 0.2) is 0 Å². The number of hydrogen-bond donors (Lipinski definition) is 4. The fraction of sp³-hybridized carbons (Fsp3) is 0.548. The third-order valence-electron chi connectivity index (χ3n) is 13.8. The molecule has 6 N–H and O–H groups in total. The van der Waals surface area contributed by atoms with E-state index in [1.165, 1.54) is 48.3 Å². The molecule has 0 radical (unpaired) electrons. The molecule has 2 aliphatic rings. The number of nitrogen functional groups attached to an aromatic ring is 2. The summed E-state index contributed by atoms with van der Waals surface area (Å²) in [6.07, 6.45) is 3.71. The molecule has 20 nitrogen and oxygen atoms in total. The predicted octanol–water partition coefficient (Wildman–Crippen LogP) is 8.28. The Balaban J connectivity index is 1.02. The highest BCUT2D eigenvalue weighted by molar-refractivity contribution is 6.34. The number of rotatable bonds is 24. The summed E-state index contributed by atoms with van der Waals surface area (Å²) >= 11 is 12.2. The maximum Gasteiger partial charge on any atom is 0.411 e. The van der Waals surface area contributed by atoms with Crippen LogP contribution in [0.25, 0.3) is 0 Å². The van der Waals surface area contributed by atoms with Crippen molar-refractivity contribution < 1.29 is 57.2 Å². The van der Waals surface area contributed by atoms with Crippen molar-refractivity contribution in [2.24, 2.45) is 11.8 Å². The standard InChI is InChI=1S/C62H84Cl2N8O12/c1-61(2,3)83-59(77)71(26-12-18-55(73)67-41-45-20-28-69(29-21-45)32-34-81-57(75)47-37-49(63)51(65)39-53(47)79-7)24-10-16-43-14-9-15-44(36-43)17-11-25-72(60(78)84-62(4,5)6)27-13-19-56(74)68-42-46-22-30-70(31-23-46)33-35-82-58(76)48-38-50(64)52(66)40-54(48)80-8/h9,14-15,36-40,45-46H,12-13,18-35,41-42,65-66H2,1-8H3,(H,67,73)(H,68,74). The molecule has 3 aromatic rings. The average molecular weight is 1200 g/mol. The van der Waals surface area contributed by atoms with Gasteiger partial charge in [0.1, 0.15) is 47.0 Å². The Hall–Kier alpha value is -7.10. The van der Waals surface area contributed by atoms with Crippen molar-refractivity contribution in [2.75, 3.05) is 117 Å². The minimum atomic E-state index is -0.737. The number of anilines is 2. The monoisotopic (exact) mass is 1200 g/mol. The highest BCUT2D eigenvalue weighted by Gasteiger charge is 2.26. The molecule has 0 unspecified atom stereocenters. The number of nitrogens with two attached hydrogens (primary N) is 2. The van der Waals surface area contributed by atoms with Crippen molar-refractivity contribution in [3.05, 3.63) is 80.8 Å². The van der Waals surface area contributed by atoms with Crippen LogP contribution < -0.4 is 31.6 Å². The third kappa shape index (κ3) is 23.9. The van der Waals surface area contributed by atoms with Gasteiger partial charge in [-0.2, -0.15) is 0 Å². The first-order valence-electron chi connectivity index (χ1n) is 28.5. The summed E-state index contributed by atoms with van der Waals surface area (Å²) < 4.78 is 32.9. The van der Waals surface area contributed by atoms with Crippen molar-refractivity contribution >= 4 is 70.5 Å². The zero-order chi connectivity index (χ0) is 61.4. The highest BCUT2D eigenvalue weighted by Crippen LogP contribution is 2.31. The lowest BCUT2D eigenvalue weighted by atomic mass is 9.97. The molecule has 458 valence electrons. The second-order valence-corrected chi connectivity index (χ2v) is 23.6. The molecule has 0 spiro atoms. The highest BCUT2D eigenvalue weighted by atomic mass is 35.5. The number of likely N-dealkylation sites (tertiary alicyclic amines) is 2. The van der Waals surface area contributed by atoms with Gasteiger partial charge >= 0.3 is 24.1 Å². The van der Waals surface area contributed by atoms with E-state index in [0.717, 1.165) is 51.9 Å². The number of hydrogen-bond acceptors (Lipinski definition) is 16. The lowest BCUT2D eigenvalue weighted by molar-refractivity contribution is -0.122. The number of nitrogens with one attached hydrogen (secondary N) is 2. The van der Waals surface area contributed by atoms with Crippen LogP contribution >= 0.6 is 23.2 Å². The Morgan fingerprint density at radius 1 is 0.607 bits per heavy atom. The van der Waals surface area contributed by atoms with Crippen molar-refractivity contribution in [3.63, 3.8) is 0 Å². The molecule has 4 amide bonds. The number of esters is 2. The molecule has 0 saturated carbocycles. The summed E-state index contributed by atoms with van der Waals surface area (Å²) in [5.41, 5.74) is 12.6. The first-order chi connectivity index (χ1) is 39.9. The number of carbonyl (C=O) groups excluding carboxylic acids is 6. The Bertz CT molecular complexity index is 2670. The SMILES string of the molecule is COc1cc(N)c(Cl)cc1C(=O)OCCN1CCC(CNC(=O)CCCN(CC#Cc2cccc(C#CCN(CCCC(=O)NCC3CCN(CCOC(=O)c4cc(Cl)c(N)cc4OC)CC3)C(=O)OC(C)(C)C)c2)C(=O)OC(C)(C)C)CC1. The second-order valence-electron chi connectivity index (χ2n) is 22.8. The van der Waals surface area contributed by atoms with Crippen molar-refractivity contribution in [1.82, 2.24) is 30.2 Å². The number of amides is 4. The largest absolute Gasteiger partial charge is 0.496 e. The van der Waals surface area contributed by atoms with E-state index in [1.807, 2.05) is 24.3 Å². The van der Waals surface area contributed by atoms with Gasteiger partial charge < -0.3 is 50.5 Å². The zero-order valence-corrected chi connectivity index (χ0v) is 51.4. The van der Waals surface area contributed by atoms with Crippen LogP contribution in [-0.2, 0) is 28.5 Å². The van der Waals surface area contributed by atoms with Gasteiger partial charge in [0.25, 0.3) is 0 Å². The van der Waals surface area contributed by atoms with Gasteiger partial charge in [-0.3, -0.25) is 29.2 Å². The van der Waals surface area contributed by atoms with E-state index < -0.39 is 35.3 Å². The van der Waals surface area contributed by atoms with Gasteiger partial charge in [-0.15, -0.1) is 0 Å². The molecule has 84 heavy (non-hydrogen) atoms. The molecular formula is C62H84Cl2N8O12. The van der Waals surface area contributed by atoms with Gasteiger partial charge in [0.05, 0.1) is 48.7 Å². The first-order valence-corrected chi connectivity index (χ1v) is 29.3. The van der Waals surface area contributed by atoms with Gasteiger partial charge in [-0.25, -0.2) is 19.2 Å². The lowest BCUT2D eigenvalue weighted by Gasteiger charge is -2.31. The van der Waals surface area contributed by atoms with E-state index in [1.54, 1.807) is 41.5 Å². The fourth-order valence-corrected chi connectivity index (χ4v) is 9.47. The van der Waals surface area contributed by atoms with E-state index >= 15 is 0 Å². The molecule has 0 atom stereocenters. The van der Waals surface area contributed by atoms with Gasteiger partial charge in [0.2, 0.25) is 11.8 Å². The van der Waals surface area contributed by atoms with Crippen molar-refractivity contribution in [2.45, 2.75) is 104 Å². The normalized spacial score (nSPS) is 14.1. The predicted molar refractivity (Wildman–Crippen MR) is 324 cm³/mol. The molecule has 22 heteroatoms. The number of nitrogens with zero attached hydrogens (tertiary/aromatic N) is 4. The molecule has 2 fully saturated rings. The Morgan fingerprint density at radius 3 is 1.35 bits per heavy atom. The molecule has 2 saturated heterocycles. The van der Waals surface area contributed by atoms with Crippen LogP contribution in [0.4, 0.5) is 21.0 Å². The summed E-state index contributed by atoms with van der Waals surface area (Å²) in [7, 11) is 2.89. The molecular weight excluding hydrogens is 1120 g/mol. The van der Waals surface area contributed by atoms with E-state index in [9.17, 15) is 28.8 Å². The quantitative estimate of drug-likeness (QED) is 0.0285. The second kappa shape index (κ2) is 33.4. The summed E-state index contributed by atoms with van der Waals surface area (Å²) in [6, 6.07) is 13.2. The maximum atomic E-state index is 13.3. The van der Waals surface area contributed by atoms with Gasteiger partial charge in [0, 0.05) is 75.4 Å². The topological polar surface area (TPSA) is 247 Å². The van der Waals surface area contributed by atoms with Crippen LogP contribution in [0.2, 0.25) is 10.0 Å². The van der Waals surface area contributed by atoms with E-state index in [2.05, 4.69) is 44.1 Å². The minimum absolute atomic E-state index is 0.0686. The molecule has 2 aliphatic heterocycles. The van der Waals surface area contributed by atoms with Crippen LogP contribution in [0.15, 0.2) is 48.5 Å². The van der Waals surface area contributed by atoms with Crippen LogP contribution in [0, 0.1) is 35.5 Å². The molecule has 0 aromatic heterocycles. The minimum Gasteiger partial charge on any atom is -0.496 e. The first kappa shape index (κ1) is 67.7. The smallest absolute Gasteiger partial charge is 0.411 e. The Morgan fingerprint density at radius 2 is 0.988 bits per heavy atom. The summed E-state index contributed by atoms with van der Waals surface area (Å²) in [4.78, 5) is 85.4. The molecule has 5 rings (SSSR count). The van der Waals surface area contributed by atoms with Crippen LogP contribution in [0.5, 0.6) is 11.5 Å². The number of carbonyl (C=O) groups is 6. The van der Waals surface area contributed by atoms with E-state index in [0.29, 0.717) is 84.9 Å². The average Bonchev–Trinajstić information content (AvgIpc) is 3.63. The molecule has 2 heterocycles. The molecule has 0 aliphatic carbocycles. The number of benzene rings is 3. The summed E-state index contributed by atoms with van der Waals surface area (Å²) in [6.45, 7) is 17.2. The maximum absolute atomic E-state index is 13.3. The van der Waals surface area contributed by atoms with Crippen molar-refractivity contribution in [1.29, 1.82) is 0 Å². The molecule has 0 bridgehead atoms. The number of ether oxygens (including phenoxy) is 6. The Labute approximate surface area is 505 Å². The summed E-state index contributed by atoms with van der Waals surface area (Å²) in [5, 5.41) is 6.61. The van der Waals surface area contributed by atoms with Crippen molar-refractivity contribution in [3.8, 4) is 35.2 Å². The third-order valence-corrected chi connectivity index (χ3v) is 14.4. The fourth-order valence-electron chi connectivity index (χ4n) is 9.14. The van der Waals surface area contributed by atoms with Gasteiger partial charge in [-0.1, -0.05) is 52.9 Å². The van der Waals surface area contributed by atoms with Gasteiger partial charge in [-0.05, 0) is 148 Å². The Kier molecular flexibility index (Phi) is 26.9. The number of methoxy groups -OCH3 is 2. The number of halogens is 2. The van der Waals surface area contributed by atoms with Crippen LogP contribution in [0.3, 0.4) is 0 Å². The lowest BCUT2D eigenvalue weighted by Crippen LogP contribution is -2.40. The molecule has 3 aromatic carbocycles. The van der Waals surface area contributed by atoms with E-state index in [4.69, 9.17) is 63.1 Å². The van der Waals surface area contributed by atoms with E-state index in [-0.39, 0.29) is 85.2 Å². The number of piperidine rings is 2. The van der Waals surface area contributed by atoms with Crippen LogP contribution in [0.1, 0.15) is 125 Å². The summed E-state index contributed by atoms with van der Waals surface area (Å²) in [5.74, 6) is 12.3. The zero-order valence-electron chi connectivity index (χ0n) is 49.9. The van der Waals surface area contributed by atoms with Crippen LogP contribution in [-0.4, -0.2) is 173 Å².